The van der Waals surface area contributed by atoms with Crippen molar-refractivity contribution in [3.05, 3.63) is 46.8 Å². The third kappa shape index (κ3) is 4.61. The highest BCUT2D eigenvalue weighted by Crippen LogP contribution is 2.22. The zero-order valence-electron chi connectivity index (χ0n) is 17.2. The molecular formula is C20H24N2O7S. The van der Waals surface area contributed by atoms with Crippen molar-refractivity contribution in [3.63, 3.8) is 0 Å². The van der Waals surface area contributed by atoms with Gasteiger partial charge in [0, 0.05) is 13.1 Å². The van der Waals surface area contributed by atoms with E-state index in [9.17, 15) is 18.0 Å². The summed E-state index contributed by atoms with van der Waals surface area (Å²) in [5.41, 5.74) is 0.859. The first-order valence-electron chi connectivity index (χ1n) is 9.48. The van der Waals surface area contributed by atoms with Crippen LogP contribution in [0.3, 0.4) is 0 Å². The van der Waals surface area contributed by atoms with Crippen LogP contribution in [0.2, 0.25) is 0 Å². The van der Waals surface area contributed by atoms with Gasteiger partial charge in [-0.25, -0.2) is 13.2 Å². The van der Waals surface area contributed by atoms with Gasteiger partial charge in [-0.1, -0.05) is 5.16 Å². The lowest BCUT2D eigenvalue weighted by Crippen LogP contribution is -2.48. The summed E-state index contributed by atoms with van der Waals surface area (Å²) >= 11 is 0. The number of sulfonamides is 1. The van der Waals surface area contributed by atoms with Crippen molar-refractivity contribution >= 4 is 21.8 Å². The largest absolute Gasteiger partial charge is 0.454 e. The Kier molecular flexibility index (Phi) is 6.39. The maximum absolute atomic E-state index is 12.9. The van der Waals surface area contributed by atoms with Crippen molar-refractivity contribution in [2.45, 2.75) is 44.8 Å². The first kappa shape index (κ1) is 22.1. The van der Waals surface area contributed by atoms with Gasteiger partial charge in [0.2, 0.25) is 15.8 Å². The molecule has 30 heavy (non-hydrogen) atoms. The number of ether oxygens (including phenoxy) is 2. The number of rotatable bonds is 6. The Morgan fingerprint density at radius 2 is 1.73 bits per heavy atom. The predicted octanol–water partition coefficient (Wildman–Crippen LogP) is 2.13. The van der Waals surface area contributed by atoms with E-state index in [1.165, 1.54) is 28.6 Å². The molecule has 0 bridgehead atoms. The predicted molar refractivity (Wildman–Crippen MR) is 106 cm³/mol. The fourth-order valence-corrected chi connectivity index (χ4v) is 5.00. The Labute approximate surface area is 175 Å². The number of carbonyl (C=O) groups is 2. The second-order valence-corrected chi connectivity index (χ2v) is 9.24. The third-order valence-corrected chi connectivity index (χ3v) is 6.61. The number of aryl methyl sites for hydroxylation is 2. The van der Waals surface area contributed by atoms with E-state index in [0.29, 0.717) is 17.0 Å². The van der Waals surface area contributed by atoms with Crippen LogP contribution in [0.15, 0.2) is 33.7 Å². The monoisotopic (exact) mass is 436 g/mol. The smallest absolute Gasteiger partial charge is 0.338 e. The average Bonchev–Trinajstić information content (AvgIpc) is 3.03. The fraction of sp³-hybridized carbons (Fsp3) is 0.450. The molecule has 0 saturated carbocycles. The van der Waals surface area contributed by atoms with Crippen molar-refractivity contribution in [2.24, 2.45) is 0 Å². The molecule has 2 aromatic rings. The summed E-state index contributed by atoms with van der Waals surface area (Å²) in [5, 5.41) is 3.70. The summed E-state index contributed by atoms with van der Waals surface area (Å²) < 4.78 is 42.7. The maximum atomic E-state index is 12.9. The van der Waals surface area contributed by atoms with Gasteiger partial charge >= 0.3 is 5.97 Å². The minimum atomic E-state index is -3.71. The van der Waals surface area contributed by atoms with Gasteiger partial charge in [0.25, 0.3) is 0 Å². The van der Waals surface area contributed by atoms with E-state index in [1.54, 1.807) is 13.8 Å². The second kappa shape index (κ2) is 8.66. The number of hydrogen-bond acceptors (Lipinski definition) is 8. The highest BCUT2D eigenvalue weighted by Gasteiger charge is 2.32. The van der Waals surface area contributed by atoms with Crippen molar-refractivity contribution in [1.82, 2.24) is 9.46 Å². The Morgan fingerprint density at radius 3 is 2.27 bits per heavy atom. The summed E-state index contributed by atoms with van der Waals surface area (Å²) in [5.74, 6) is -0.795. The molecular weight excluding hydrogens is 412 g/mol. The van der Waals surface area contributed by atoms with Crippen LogP contribution in [0.1, 0.15) is 46.0 Å². The summed E-state index contributed by atoms with van der Waals surface area (Å²) in [6.45, 7) is 6.93. The van der Waals surface area contributed by atoms with Crippen molar-refractivity contribution in [3.8, 4) is 0 Å². The molecule has 2 unspecified atom stereocenters. The van der Waals surface area contributed by atoms with Crippen LogP contribution in [0.4, 0.5) is 0 Å². The minimum Gasteiger partial charge on any atom is -0.454 e. The molecule has 9 nitrogen and oxygen atoms in total. The summed E-state index contributed by atoms with van der Waals surface area (Å²) in [7, 11) is -3.71. The van der Waals surface area contributed by atoms with Gasteiger partial charge in [0.15, 0.2) is 6.61 Å². The van der Waals surface area contributed by atoms with Gasteiger partial charge in [0.05, 0.1) is 33.9 Å². The molecule has 162 valence electrons. The van der Waals surface area contributed by atoms with Crippen LogP contribution in [0.25, 0.3) is 0 Å². The highest BCUT2D eigenvalue weighted by molar-refractivity contribution is 7.89. The lowest BCUT2D eigenvalue weighted by molar-refractivity contribution is -0.0440. The van der Waals surface area contributed by atoms with E-state index < -0.39 is 28.4 Å². The van der Waals surface area contributed by atoms with E-state index in [4.69, 9.17) is 14.0 Å². The summed E-state index contributed by atoms with van der Waals surface area (Å²) in [6.07, 6.45) is -0.402. The molecule has 0 amide bonds. The topological polar surface area (TPSA) is 116 Å². The van der Waals surface area contributed by atoms with E-state index >= 15 is 0 Å². The van der Waals surface area contributed by atoms with Gasteiger partial charge in [-0.05, 0) is 52.0 Å². The first-order valence-corrected chi connectivity index (χ1v) is 10.9. The first-order chi connectivity index (χ1) is 14.1. The molecule has 1 fully saturated rings. The molecule has 0 spiro atoms. The van der Waals surface area contributed by atoms with E-state index in [-0.39, 0.29) is 35.8 Å². The van der Waals surface area contributed by atoms with Crippen LogP contribution >= 0.6 is 0 Å². The van der Waals surface area contributed by atoms with Crippen LogP contribution in [-0.2, 0) is 19.5 Å². The van der Waals surface area contributed by atoms with Gasteiger partial charge in [0.1, 0.15) is 5.76 Å². The van der Waals surface area contributed by atoms with Gasteiger partial charge in [-0.3, -0.25) is 4.79 Å². The average molecular weight is 436 g/mol. The normalized spacial score (nSPS) is 20.1. The van der Waals surface area contributed by atoms with E-state index in [0.717, 1.165) is 0 Å². The molecule has 10 heteroatoms. The van der Waals surface area contributed by atoms with Crippen molar-refractivity contribution in [2.75, 3.05) is 19.7 Å². The number of Topliss-reactive ketones (excluding diaryl/α,β-unsaturated/α-hetero) is 1. The van der Waals surface area contributed by atoms with Crippen molar-refractivity contribution in [1.29, 1.82) is 0 Å². The number of morpholine rings is 1. The van der Waals surface area contributed by atoms with E-state index in [2.05, 4.69) is 5.16 Å². The molecule has 1 aromatic carbocycles. The number of esters is 1. The van der Waals surface area contributed by atoms with Crippen LogP contribution in [-0.4, -0.2) is 61.5 Å². The Hall–Kier alpha value is -2.56. The van der Waals surface area contributed by atoms with Gasteiger partial charge in [-0.15, -0.1) is 0 Å². The number of aromatic nitrogens is 1. The Balaban J connectivity index is 1.66. The highest BCUT2D eigenvalue weighted by atomic mass is 32.2. The van der Waals surface area contributed by atoms with Gasteiger partial charge in [-0.2, -0.15) is 4.31 Å². The minimum absolute atomic E-state index is 0.0761. The molecule has 0 radical (unpaired) electrons. The molecule has 2 heterocycles. The molecule has 3 rings (SSSR count). The lowest BCUT2D eigenvalue weighted by Gasteiger charge is -2.34. The number of nitrogens with zero attached hydrogens (tertiary/aromatic N) is 2. The Morgan fingerprint density at radius 1 is 1.13 bits per heavy atom. The Bertz CT molecular complexity index is 1010. The third-order valence-electron chi connectivity index (χ3n) is 4.76. The molecule has 1 saturated heterocycles. The molecule has 1 aliphatic rings. The number of carbonyl (C=O) groups excluding carboxylic acids is 2. The summed E-state index contributed by atoms with van der Waals surface area (Å²) in [4.78, 5) is 24.5. The second-order valence-electron chi connectivity index (χ2n) is 7.30. The summed E-state index contributed by atoms with van der Waals surface area (Å²) in [6, 6.07) is 5.44. The zero-order valence-corrected chi connectivity index (χ0v) is 18.1. The van der Waals surface area contributed by atoms with Crippen LogP contribution in [0, 0.1) is 13.8 Å². The van der Waals surface area contributed by atoms with Crippen molar-refractivity contribution < 1.29 is 32.0 Å². The number of benzene rings is 1. The lowest BCUT2D eigenvalue weighted by atomic mass is 10.1. The molecule has 1 aliphatic heterocycles. The fourth-order valence-electron chi connectivity index (χ4n) is 3.41. The molecule has 0 N–H and O–H groups in total. The molecule has 1 aromatic heterocycles. The van der Waals surface area contributed by atoms with Crippen LogP contribution in [0.5, 0.6) is 0 Å². The molecule has 2 atom stereocenters. The quantitative estimate of drug-likeness (QED) is 0.499. The van der Waals surface area contributed by atoms with E-state index in [1.807, 2.05) is 13.8 Å². The maximum Gasteiger partial charge on any atom is 0.338 e. The molecule has 0 aliphatic carbocycles. The van der Waals surface area contributed by atoms with Crippen LogP contribution < -0.4 is 0 Å². The number of ketones is 1. The standard InChI is InChI=1S/C20H24N2O7S/c1-12-9-22(10-13(2)28-12)30(25,26)17-7-5-16(6-8-17)20(24)27-11-18(23)19-14(3)21-29-15(19)4/h5-8,12-13H,9-11H2,1-4H3. The SMILES string of the molecule is Cc1noc(C)c1C(=O)COC(=O)c1ccc(S(=O)(=O)N2CC(C)OC(C)C2)cc1. The zero-order chi connectivity index (χ0) is 22.1. The number of hydrogen-bond donors (Lipinski definition) is 0. The van der Waals surface area contributed by atoms with Gasteiger partial charge < -0.3 is 14.0 Å².